The molecule has 0 heterocycles. The first-order valence-corrected chi connectivity index (χ1v) is 7.26. The number of aliphatic carboxylic acids is 1. The third-order valence-corrected chi connectivity index (χ3v) is 4.01. The Kier molecular flexibility index (Phi) is 5.67. The maximum atomic E-state index is 11.0. The number of hydrogen-bond acceptors (Lipinski definition) is 3. The second kappa shape index (κ2) is 6.61. The molecule has 0 saturated carbocycles. The summed E-state index contributed by atoms with van der Waals surface area (Å²) >= 11 is 6.77. The summed E-state index contributed by atoms with van der Waals surface area (Å²) in [6, 6.07) is 3.58. The Morgan fingerprint density at radius 3 is 2.32 bits per heavy atom. The normalized spacial score (nSPS) is 11.2. The van der Waals surface area contributed by atoms with E-state index in [1.807, 2.05) is 0 Å². The molecular weight excluding hydrogens is 380 g/mol. The van der Waals surface area contributed by atoms with E-state index in [-0.39, 0.29) is 0 Å². The van der Waals surface area contributed by atoms with E-state index >= 15 is 0 Å². The SMILES string of the molecule is COc1cc(Br)c(OCCC(C)(C)C(=O)O)cc1Br. The van der Waals surface area contributed by atoms with Crippen LogP contribution in [0.2, 0.25) is 0 Å². The molecule has 0 fully saturated rings. The van der Waals surface area contributed by atoms with E-state index in [1.54, 1.807) is 33.1 Å². The minimum atomic E-state index is -0.828. The molecular formula is C13H16Br2O4. The predicted molar refractivity (Wildman–Crippen MR) is 79.9 cm³/mol. The lowest BCUT2D eigenvalue weighted by atomic mass is 9.90. The molecule has 19 heavy (non-hydrogen) atoms. The van der Waals surface area contributed by atoms with Gasteiger partial charge in [-0.25, -0.2) is 0 Å². The number of methoxy groups -OCH3 is 1. The third-order valence-electron chi connectivity index (χ3n) is 2.77. The molecule has 0 radical (unpaired) electrons. The number of hydrogen-bond donors (Lipinski definition) is 1. The maximum Gasteiger partial charge on any atom is 0.309 e. The Morgan fingerprint density at radius 2 is 1.79 bits per heavy atom. The van der Waals surface area contributed by atoms with Crippen LogP contribution in [-0.4, -0.2) is 24.8 Å². The van der Waals surface area contributed by atoms with Crippen molar-refractivity contribution in [3.63, 3.8) is 0 Å². The van der Waals surface area contributed by atoms with E-state index in [4.69, 9.17) is 14.6 Å². The first-order chi connectivity index (χ1) is 8.77. The van der Waals surface area contributed by atoms with E-state index < -0.39 is 11.4 Å². The van der Waals surface area contributed by atoms with Crippen LogP contribution >= 0.6 is 31.9 Å². The lowest BCUT2D eigenvalue weighted by Gasteiger charge is -2.19. The first kappa shape index (κ1) is 16.3. The average molecular weight is 396 g/mol. The van der Waals surface area contributed by atoms with Crippen LogP contribution in [0.4, 0.5) is 0 Å². The Labute approximate surface area is 129 Å². The van der Waals surface area contributed by atoms with Crippen molar-refractivity contribution >= 4 is 37.8 Å². The van der Waals surface area contributed by atoms with Crippen molar-refractivity contribution in [3.05, 3.63) is 21.1 Å². The van der Waals surface area contributed by atoms with E-state index in [0.717, 1.165) is 8.95 Å². The van der Waals surface area contributed by atoms with Gasteiger partial charge >= 0.3 is 5.97 Å². The van der Waals surface area contributed by atoms with Crippen molar-refractivity contribution in [2.45, 2.75) is 20.3 Å². The van der Waals surface area contributed by atoms with Crippen molar-refractivity contribution in [3.8, 4) is 11.5 Å². The molecule has 1 aromatic rings. The molecule has 0 spiro atoms. The zero-order chi connectivity index (χ0) is 14.6. The van der Waals surface area contributed by atoms with Crippen molar-refractivity contribution in [1.29, 1.82) is 0 Å². The first-order valence-electron chi connectivity index (χ1n) is 5.67. The Balaban J connectivity index is 2.69. The van der Waals surface area contributed by atoms with Crippen LogP contribution in [0.1, 0.15) is 20.3 Å². The van der Waals surface area contributed by atoms with Crippen LogP contribution in [0.5, 0.6) is 11.5 Å². The largest absolute Gasteiger partial charge is 0.496 e. The Bertz CT molecular complexity index is 472. The minimum Gasteiger partial charge on any atom is -0.496 e. The van der Waals surface area contributed by atoms with Gasteiger partial charge in [0.2, 0.25) is 0 Å². The highest BCUT2D eigenvalue weighted by Crippen LogP contribution is 2.36. The highest BCUT2D eigenvalue weighted by molar-refractivity contribution is 9.11. The van der Waals surface area contributed by atoms with E-state index in [2.05, 4.69) is 31.9 Å². The predicted octanol–water partition coefficient (Wildman–Crippen LogP) is 4.10. The van der Waals surface area contributed by atoms with E-state index in [0.29, 0.717) is 24.5 Å². The fraction of sp³-hybridized carbons (Fsp3) is 0.462. The second-order valence-electron chi connectivity index (χ2n) is 4.70. The summed E-state index contributed by atoms with van der Waals surface area (Å²) in [5.41, 5.74) is -0.795. The molecule has 0 aromatic heterocycles. The average Bonchev–Trinajstić information content (AvgIpc) is 2.32. The number of ether oxygens (including phenoxy) is 2. The number of carbonyl (C=O) groups is 1. The molecule has 1 rings (SSSR count). The molecule has 6 heteroatoms. The molecule has 0 atom stereocenters. The maximum absolute atomic E-state index is 11.0. The number of carboxylic acid groups (broad SMARTS) is 1. The van der Waals surface area contributed by atoms with Gasteiger partial charge in [0, 0.05) is 0 Å². The van der Waals surface area contributed by atoms with E-state index in [1.165, 1.54) is 0 Å². The van der Waals surface area contributed by atoms with Gasteiger partial charge < -0.3 is 14.6 Å². The molecule has 0 aliphatic carbocycles. The highest BCUT2D eigenvalue weighted by Gasteiger charge is 2.26. The van der Waals surface area contributed by atoms with Gasteiger partial charge in [-0.05, 0) is 64.3 Å². The fourth-order valence-corrected chi connectivity index (χ4v) is 2.22. The summed E-state index contributed by atoms with van der Waals surface area (Å²) in [5.74, 6) is 0.519. The lowest BCUT2D eigenvalue weighted by molar-refractivity contribution is -0.147. The van der Waals surface area contributed by atoms with Gasteiger partial charge in [-0.15, -0.1) is 0 Å². The topological polar surface area (TPSA) is 55.8 Å². The van der Waals surface area contributed by atoms with Gasteiger partial charge in [0.1, 0.15) is 11.5 Å². The van der Waals surface area contributed by atoms with Gasteiger partial charge in [0.25, 0.3) is 0 Å². The zero-order valence-electron chi connectivity index (χ0n) is 11.0. The van der Waals surface area contributed by atoms with E-state index in [9.17, 15) is 4.79 Å². The van der Waals surface area contributed by atoms with Crippen LogP contribution in [0.3, 0.4) is 0 Å². The van der Waals surface area contributed by atoms with Gasteiger partial charge in [0.05, 0.1) is 28.1 Å². The third kappa shape index (κ3) is 4.38. The summed E-state index contributed by atoms with van der Waals surface area (Å²) in [6.45, 7) is 3.69. The number of halogens is 2. The molecule has 0 aliphatic rings. The number of rotatable bonds is 6. The molecule has 1 N–H and O–H groups in total. The van der Waals surface area contributed by atoms with Crippen LogP contribution in [0, 0.1) is 5.41 Å². The van der Waals surface area contributed by atoms with Crippen molar-refractivity contribution < 1.29 is 19.4 Å². The van der Waals surface area contributed by atoms with Gasteiger partial charge in [-0.3, -0.25) is 4.79 Å². The molecule has 0 amide bonds. The Morgan fingerprint density at radius 1 is 1.26 bits per heavy atom. The fourth-order valence-electron chi connectivity index (χ4n) is 1.30. The minimum absolute atomic E-state index is 0.330. The zero-order valence-corrected chi connectivity index (χ0v) is 14.2. The number of carboxylic acids is 1. The Hall–Kier alpha value is -0.750. The van der Waals surface area contributed by atoms with Crippen molar-refractivity contribution in [1.82, 2.24) is 0 Å². The van der Waals surface area contributed by atoms with Crippen molar-refractivity contribution in [2.75, 3.05) is 13.7 Å². The van der Waals surface area contributed by atoms with Crippen molar-refractivity contribution in [2.24, 2.45) is 5.41 Å². The van der Waals surface area contributed by atoms with Crippen LogP contribution in [0.15, 0.2) is 21.1 Å². The molecule has 106 valence electrons. The molecule has 0 aliphatic heterocycles. The highest BCUT2D eigenvalue weighted by atomic mass is 79.9. The molecule has 1 aromatic carbocycles. The summed E-state index contributed by atoms with van der Waals surface area (Å²) in [6.07, 6.45) is 0.429. The molecule has 0 bridgehead atoms. The summed E-state index contributed by atoms with van der Waals surface area (Å²) in [4.78, 5) is 11.0. The summed E-state index contributed by atoms with van der Waals surface area (Å²) < 4.78 is 12.3. The standard InChI is InChI=1S/C13H16Br2O4/c1-13(2,12(16)17)4-5-19-11-7-8(14)10(18-3)6-9(11)15/h6-7H,4-5H2,1-3H3,(H,16,17). The van der Waals surface area contributed by atoms with Gasteiger partial charge in [0.15, 0.2) is 0 Å². The van der Waals surface area contributed by atoms with Crippen LogP contribution in [0.25, 0.3) is 0 Å². The smallest absolute Gasteiger partial charge is 0.309 e. The number of benzene rings is 1. The summed E-state index contributed by atoms with van der Waals surface area (Å²) in [5, 5.41) is 9.02. The van der Waals surface area contributed by atoms with Crippen LogP contribution in [-0.2, 0) is 4.79 Å². The quantitative estimate of drug-likeness (QED) is 0.787. The van der Waals surface area contributed by atoms with Gasteiger partial charge in [-0.2, -0.15) is 0 Å². The molecule has 0 saturated heterocycles. The van der Waals surface area contributed by atoms with Crippen LogP contribution < -0.4 is 9.47 Å². The second-order valence-corrected chi connectivity index (χ2v) is 6.41. The summed E-state index contributed by atoms with van der Waals surface area (Å²) in [7, 11) is 1.59. The molecule has 4 nitrogen and oxygen atoms in total. The molecule has 0 unspecified atom stereocenters. The van der Waals surface area contributed by atoms with Gasteiger partial charge in [-0.1, -0.05) is 0 Å². The lowest BCUT2D eigenvalue weighted by Crippen LogP contribution is -2.25. The monoisotopic (exact) mass is 394 g/mol.